The van der Waals surface area contributed by atoms with Gasteiger partial charge in [-0.3, -0.25) is 4.90 Å². The van der Waals surface area contributed by atoms with Crippen molar-refractivity contribution in [3.8, 4) is 0 Å². The molecule has 0 bridgehead atoms. The summed E-state index contributed by atoms with van der Waals surface area (Å²) in [6.45, 7) is 3.60. The Hall–Kier alpha value is -0.260. The molecule has 3 nitrogen and oxygen atoms in total. The van der Waals surface area contributed by atoms with Gasteiger partial charge in [0, 0.05) is 25.7 Å². The highest BCUT2D eigenvalue weighted by Gasteiger charge is 2.33. The molecule has 84 valence electrons. The smallest absolute Gasteiger partial charge is 0.272 e. The highest BCUT2D eigenvalue weighted by molar-refractivity contribution is 4.82. The largest absolute Gasteiger partial charge is 0.325 e. The predicted molar refractivity (Wildman–Crippen MR) is 52.5 cm³/mol. The molecule has 1 unspecified atom stereocenters. The van der Waals surface area contributed by atoms with Crippen molar-refractivity contribution < 1.29 is 8.78 Å². The van der Waals surface area contributed by atoms with Crippen LogP contribution in [-0.2, 0) is 0 Å². The highest BCUT2D eigenvalue weighted by atomic mass is 19.3. The second-order valence-corrected chi connectivity index (χ2v) is 4.14. The third kappa shape index (κ3) is 3.15. The molecule has 0 aromatic carbocycles. The van der Waals surface area contributed by atoms with Gasteiger partial charge in [-0.05, 0) is 14.0 Å². The zero-order chi connectivity index (χ0) is 10.8. The van der Waals surface area contributed by atoms with E-state index in [2.05, 4.69) is 4.90 Å². The first-order chi connectivity index (χ1) is 6.44. The SMILES string of the molecule is CC1CN(C)CCN1CC(F)(F)CN. The summed E-state index contributed by atoms with van der Waals surface area (Å²) in [5.74, 6) is -2.75. The van der Waals surface area contributed by atoms with E-state index in [1.165, 1.54) is 0 Å². The van der Waals surface area contributed by atoms with Crippen LogP contribution in [0.2, 0.25) is 0 Å². The molecule has 5 heteroatoms. The van der Waals surface area contributed by atoms with Gasteiger partial charge in [0.25, 0.3) is 5.92 Å². The van der Waals surface area contributed by atoms with Gasteiger partial charge in [0.15, 0.2) is 0 Å². The van der Waals surface area contributed by atoms with E-state index < -0.39 is 12.5 Å². The second kappa shape index (κ2) is 4.51. The fourth-order valence-electron chi connectivity index (χ4n) is 1.77. The molecule has 1 aliphatic heterocycles. The Bertz CT molecular complexity index is 187. The Morgan fingerprint density at radius 1 is 1.43 bits per heavy atom. The number of piperazine rings is 1. The van der Waals surface area contributed by atoms with Crippen LogP contribution in [-0.4, -0.2) is 61.5 Å². The molecule has 1 atom stereocenters. The molecule has 1 heterocycles. The maximum atomic E-state index is 13.0. The number of rotatable bonds is 3. The zero-order valence-corrected chi connectivity index (χ0v) is 8.84. The minimum absolute atomic E-state index is 0.186. The average molecular weight is 207 g/mol. The Morgan fingerprint density at radius 3 is 2.57 bits per heavy atom. The number of hydrogen-bond acceptors (Lipinski definition) is 3. The third-order valence-corrected chi connectivity index (χ3v) is 2.70. The third-order valence-electron chi connectivity index (χ3n) is 2.70. The molecule has 2 N–H and O–H groups in total. The molecule has 0 saturated carbocycles. The first-order valence-electron chi connectivity index (χ1n) is 4.95. The summed E-state index contributed by atoms with van der Waals surface area (Å²) < 4.78 is 26.1. The fourth-order valence-corrected chi connectivity index (χ4v) is 1.77. The van der Waals surface area contributed by atoms with Crippen LogP contribution in [0.1, 0.15) is 6.92 Å². The van der Waals surface area contributed by atoms with Gasteiger partial charge in [0.05, 0.1) is 13.1 Å². The number of alkyl halides is 2. The molecule has 0 amide bonds. The van der Waals surface area contributed by atoms with Gasteiger partial charge in [0.2, 0.25) is 0 Å². The molecule has 0 spiro atoms. The van der Waals surface area contributed by atoms with Crippen molar-refractivity contribution in [1.29, 1.82) is 0 Å². The van der Waals surface area contributed by atoms with E-state index in [0.29, 0.717) is 6.54 Å². The lowest BCUT2D eigenvalue weighted by Crippen LogP contribution is -2.54. The van der Waals surface area contributed by atoms with E-state index >= 15 is 0 Å². The summed E-state index contributed by atoms with van der Waals surface area (Å²) in [7, 11) is 2.01. The first-order valence-corrected chi connectivity index (χ1v) is 4.95. The minimum atomic E-state index is -2.75. The molecular formula is C9H19F2N3. The summed E-state index contributed by atoms with van der Waals surface area (Å²) in [5, 5.41) is 0. The van der Waals surface area contributed by atoms with Crippen molar-refractivity contribution in [3.05, 3.63) is 0 Å². The van der Waals surface area contributed by atoms with E-state index in [4.69, 9.17) is 5.73 Å². The quantitative estimate of drug-likeness (QED) is 0.718. The lowest BCUT2D eigenvalue weighted by atomic mass is 10.1. The number of halogens is 2. The van der Waals surface area contributed by atoms with Crippen LogP contribution >= 0.6 is 0 Å². The normalized spacial score (nSPS) is 26.8. The lowest BCUT2D eigenvalue weighted by Gasteiger charge is -2.39. The van der Waals surface area contributed by atoms with Crippen LogP contribution < -0.4 is 5.73 Å². The Labute approximate surface area is 83.8 Å². The van der Waals surface area contributed by atoms with Crippen molar-refractivity contribution in [2.75, 3.05) is 39.8 Å². The maximum Gasteiger partial charge on any atom is 0.272 e. The second-order valence-electron chi connectivity index (χ2n) is 4.14. The van der Waals surface area contributed by atoms with Crippen LogP contribution in [0.25, 0.3) is 0 Å². The van der Waals surface area contributed by atoms with E-state index in [9.17, 15) is 8.78 Å². The predicted octanol–water partition coefficient (Wildman–Crippen LogP) is 0.216. The summed E-state index contributed by atoms with van der Waals surface area (Å²) in [4.78, 5) is 3.97. The van der Waals surface area contributed by atoms with Crippen LogP contribution in [0.3, 0.4) is 0 Å². The number of nitrogens with zero attached hydrogens (tertiary/aromatic N) is 2. The van der Waals surface area contributed by atoms with Gasteiger partial charge in [-0.15, -0.1) is 0 Å². The van der Waals surface area contributed by atoms with Gasteiger partial charge in [0.1, 0.15) is 0 Å². The van der Waals surface area contributed by atoms with Crippen molar-refractivity contribution in [2.45, 2.75) is 18.9 Å². The van der Waals surface area contributed by atoms with Gasteiger partial charge in [-0.25, -0.2) is 8.78 Å². The van der Waals surface area contributed by atoms with E-state index in [1.807, 2.05) is 18.9 Å². The Balaban J connectivity index is 2.45. The van der Waals surface area contributed by atoms with Gasteiger partial charge >= 0.3 is 0 Å². The van der Waals surface area contributed by atoms with Gasteiger partial charge in [-0.1, -0.05) is 0 Å². The first kappa shape index (κ1) is 11.8. The molecule has 0 aromatic heterocycles. The molecule has 1 rings (SSSR count). The van der Waals surface area contributed by atoms with Crippen LogP contribution in [0, 0.1) is 0 Å². The van der Waals surface area contributed by atoms with Crippen LogP contribution in [0.15, 0.2) is 0 Å². The summed E-state index contributed by atoms with van der Waals surface area (Å²) in [6.07, 6.45) is 0. The average Bonchev–Trinajstić information content (AvgIpc) is 2.10. The van der Waals surface area contributed by atoms with Crippen molar-refractivity contribution in [1.82, 2.24) is 9.80 Å². The van der Waals surface area contributed by atoms with E-state index in [1.54, 1.807) is 0 Å². The standard InChI is InChI=1S/C9H19F2N3/c1-8-5-13(2)3-4-14(8)7-9(10,11)6-12/h8H,3-7,12H2,1-2H3. The maximum absolute atomic E-state index is 13.0. The van der Waals surface area contributed by atoms with Gasteiger partial charge < -0.3 is 10.6 Å². The van der Waals surface area contributed by atoms with Crippen molar-refractivity contribution >= 4 is 0 Å². The lowest BCUT2D eigenvalue weighted by molar-refractivity contribution is -0.0456. The topological polar surface area (TPSA) is 32.5 Å². The summed E-state index contributed by atoms with van der Waals surface area (Å²) in [6, 6.07) is 0.186. The van der Waals surface area contributed by atoms with Crippen LogP contribution in [0.4, 0.5) is 8.78 Å². The number of nitrogens with two attached hydrogens (primary N) is 1. The van der Waals surface area contributed by atoms with Crippen LogP contribution in [0.5, 0.6) is 0 Å². The molecule has 1 fully saturated rings. The Kier molecular flexibility index (Phi) is 3.80. The summed E-state index contributed by atoms with van der Waals surface area (Å²) in [5.41, 5.74) is 5.01. The summed E-state index contributed by atoms with van der Waals surface area (Å²) >= 11 is 0. The molecule has 0 aromatic rings. The van der Waals surface area contributed by atoms with Crippen molar-refractivity contribution in [2.24, 2.45) is 5.73 Å². The molecule has 1 aliphatic rings. The monoisotopic (exact) mass is 207 g/mol. The highest BCUT2D eigenvalue weighted by Crippen LogP contribution is 2.17. The van der Waals surface area contributed by atoms with E-state index in [-0.39, 0.29) is 12.6 Å². The zero-order valence-electron chi connectivity index (χ0n) is 8.84. The molecule has 14 heavy (non-hydrogen) atoms. The minimum Gasteiger partial charge on any atom is -0.325 e. The number of likely N-dealkylation sites (N-methyl/N-ethyl adjacent to an activating group) is 1. The number of hydrogen-bond donors (Lipinski definition) is 1. The Morgan fingerprint density at radius 2 is 2.07 bits per heavy atom. The molecule has 0 radical (unpaired) electrons. The fraction of sp³-hybridized carbons (Fsp3) is 1.00. The van der Waals surface area contributed by atoms with Gasteiger partial charge in [-0.2, -0.15) is 0 Å². The molecule has 1 saturated heterocycles. The van der Waals surface area contributed by atoms with Crippen molar-refractivity contribution in [3.63, 3.8) is 0 Å². The molecular weight excluding hydrogens is 188 g/mol. The molecule has 0 aliphatic carbocycles. The van der Waals surface area contributed by atoms with E-state index in [0.717, 1.165) is 13.1 Å².